The van der Waals surface area contributed by atoms with Crippen molar-refractivity contribution >= 4 is 0 Å². The number of nitrogens with zero attached hydrogens (tertiary/aromatic N) is 3. The highest BCUT2D eigenvalue weighted by atomic mass is 15.3. The van der Waals surface area contributed by atoms with E-state index >= 15 is 0 Å². The number of hydrogen-bond donors (Lipinski definition) is 1. The summed E-state index contributed by atoms with van der Waals surface area (Å²) in [5.74, 6) is 1.82. The van der Waals surface area contributed by atoms with Crippen LogP contribution in [0.5, 0.6) is 0 Å². The second-order valence-electron chi connectivity index (χ2n) is 5.12. The normalized spacial score (nSPS) is 13.2. The van der Waals surface area contributed by atoms with Crippen molar-refractivity contribution in [2.75, 3.05) is 6.54 Å². The van der Waals surface area contributed by atoms with E-state index in [1.54, 1.807) is 6.33 Å². The summed E-state index contributed by atoms with van der Waals surface area (Å²) in [6.07, 6.45) is 6.21. The van der Waals surface area contributed by atoms with Gasteiger partial charge in [0.1, 0.15) is 12.2 Å². The van der Waals surface area contributed by atoms with Crippen molar-refractivity contribution in [1.82, 2.24) is 20.1 Å². The third kappa shape index (κ3) is 5.31. The lowest BCUT2D eigenvalue weighted by Gasteiger charge is -2.20. The lowest BCUT2D eigenvalue weighted by Crippen LogP contribution is -2.31. The van der Waals surface area contributed by atoms with Gasteiger partial charge in [-0.05, 0) is 31.7 Å². The zero-order valence-corrected chi connectivity index (χ0v) is 11.6. The first-order valence-corrected chi connectivity index (χ1v) is 6.69. The van der Waals surface area contributed by atoms with Crippen LogP contribution in [0.2, 0.25) is 0 Å². The van der Waals surface area contributed by atoms with Crippen LogP contribution >= 0.6 is 0 Å². The molecule has 0 saturated carbocycles. The molecule has 17 heavy (non-hydrogen) atoms. The van der Waals surface area contributed by atoms with Crippen LogP contribution in [0.15, 0.2) is 6.33 Å². The molecule has 0 aromatic carbocycles. The quantitative estimate of drug-likeness (QED) is 0.754. The van der Waals surface area contributed by atoms with Gasteiger partial charge in [-0.3, -0.25) is 4.68 Å². The molecule has 0 amide bonds. The lowest BCUT2D eigenvalue weighted by molar-refractivity contribution is 0.394. The molecule has 98 valence electrons. The SMILES string of the molecule is CCCNC(CCc1ncnn1C)CC(C)C. The third-order valence-corrected chi connectivity index (χ3v) is 2.96. The van der Waals surface area contributed by atoms with Crippen LogP contribution in [0.3, 0.4) is 0 Å². The molecule has 0 fully saturated rings. The molecule has 1 rings (SSSR count). The molecule has 1 aromatic rings. The maximum absolute atomic E-state index is 4.27. The Bertz CT molecular complexity index is 306. The molecule has 0 radical (unpaired) electrons. The average Bonchev–Trinajstić information content (AvgIpc) is 2.67. The Hall–Kier alpha value is -0.900. The number of hydrogen-bond acceptors (Lipinski definition) is 3. The molecule has 0 aliphatic carbocycles. The zero-order chi connectivity index (χ0) is 12.7. The Kier molecular flexibility index (Phi) is 6.19. The first-order chi connectivity index (χ1) is 8.13. The van der Waals surface area contributed by atoms with Crippen LogP contribution in [0.4, 0.5) is 0 Å². The summed E-state index contributed by atoms with van der Waals surface area (Å²) in [6, 6.07) is 0.603. The molecular formula is C13H26N4. The molecule has 1 atom stereocenters. The number of aromatic nitrogens is 3. The topological polar surface area (TPSA) is 42.7 Å². The monoisotopic (exact) mass is 238 g/mol. The van der Waals surface area contributed by atoms with E-state index in [9.17, 15) is 0 Å². The molecule has 0 aliphatic rings. The Morgan fingerprint density at radius 2 is 2.18 bits per heavy atom. The maximum Gasteiger partial charge on any atom is 0.138 e. The summed E-state index contributed by atoms with van der Waals surface area (Å²) in [7, 11) is 1.96. The van der Waals surface area contributed by atoms with Crippen LogP contribution in [-0.2, 0) is 13.5 Å². The minimum absolute atomic E-state index is 0.603. The van der Waals surface area contributed by atoms with Gasteiger partial charge < -0.3 is 5.32 Å². The van der Waals surface area contributed by atoms with Crippen molar-refractivity contribution in [1.29, 1.82) is 0 Å². The van der Waals surface area contributed by atoms with Crippen molar-refractivity contribution in [2.45, 2.75) is 52.5 Å². The smallest absolute Gasteiger partial charge is 0.138 e. The molecule has 4 heteroatoms. The highest BCUT2D eigenvalue weighted by Gasteiger charge is 2.11. The minimum atomic E-state index is 0.603. The second-order valence-corrected chi connectivity index (χ2v) is 5.12. The molecular weight excluding hydrogens is 212 g/mol. The predicted octanol–water partition coefficient (Wildman–Crippen LogP) is 2.16. The average molecular weight is 238 g/mol. The fourth-order valence-corrected chi connectivity index (χ4v) is 2.07. The van der Waals surface area contributed by atoms with Crippen LogP contribution in [-0.4, -0.2) is 27.4 Å². The van der Waals surface area contributed by atoms with E-state index in [4.69, 9.17) is 0 Å². The Morgan fingerprint density at radius 3 is 2.71 bits per heavy atom. The van der Waals surface area contributed by atoms with Crippen LogP contribution in [0.25, 0.3) is 0 Å². The Morgan fingerprint density at radius 1 is 1.41 bits per heavy atom. The molecule has 0 bridgehead atoms. The van der Waals surface area contributed by atoms with Gasteiger partial charge in [0, 0.05) is 19.5 Å². The van der Waals surface area contributed by atoms with Gasteiger partial charge in [-0.1, -0.05) is 20.8 Å². The van der Waals surface area contributed by atoms with Crippen molar-refractivity contribution in [3.63, 3.8) is 0 Å². The van der Waals surface area contributed by atoms with Crippen LogP contribution in [0, 0.1) is 5.92 Å². The van der Waals surface area contributed by atoms with Gasteiger partial charge >= 0.3 is 0 Å². The zero-order valence-electron chi connectivity index (χ0n) is 11.6. The van der Waals surface area contributed by atoms with Crippen molar-refractivity contribution in [3.8, 4) is 0 Å². The molecule has 1 aromatic heterocycles. The molecule has 0 saturated heterocycles. The summed E-state index contributed by atoms with van der Waals surface area (Å²) in [4.78, 5) is 4.27. The Balaban J connectivity index is 2.40. The standard InChI is InChI=1S/C13H26N4/c1-5-8-14-12(9-11(2)3)6-7-13-15-10-16-17(13)4/h10-12,14H,5-9H2,1-4H3. The van der Waals surface area contributed by atoms with E-state index < -0.39 is 0 Å². The third-order valence-electron chi connectivity index (χ3n) is 2.96. The summed E-state index contributed by atoms with van der Waals surface area (Å²) < 4.78 is 1.87. The molecule has 1 unspecified atom stereocenters. The maximum atomic E-state index is 4.27. The first kappa shape index (κ1) is 14.2. The van der Waals surface area contributed by atoms with Crippen LogP contribution in [0.1, 0.15) is 45.9 Å². The number of nitrogens with one attached hydrogen (secondary N) is 1. The predicted molar refractivity (Wildman–Crippen MR) is 70.9 cm³/mol. The molecule has 0 spiro atoms. The summed E-state index contributed by atoms with van der Waals surface area (Å²) in [6.45, 7) is 7.88. The largest absolute Gasteiger partial charge is 0.314 e. The number of aryl methyl sites for hydroxylation is 2. The molecule has 4 nitrogen and oxygen atoms in total. The van der Waals surface area contributed by atoms with E-state index in [1.165, 1.54) is 12.8 Å². The Labute approximate surface area is 105 Å². The fourth-order valence-electron chi connectivity index (χ4n) is 2.07. The second kappa shape index (κ2) is 7.43. The molecule has 0 aliphatic heterocycles. The van der Waals surface area contributed by atoms with Gasteiger partial charge in [-0.25, -0.2) is 4.98 Å². The van der Waals surface area contributed by atoms with E-state index in [-0.39, 0.29) is 0 Å². The van der Waals surface area contributed by atoms with Crippen molar-refractivity contribution < 1.29 is 0 Å². The summed E-state index contributed by atoms with van der Waals surface area (Å²) in [5, 5.41) is 7.73. The van der Waals surface area contributed by atoms with Gasteiger partial charge in [0.15, 0.2) is 0 Å². The van der Waals surface area contributed by atoms with Gasteiger partial charge in [-0.15, -0.1) is 0 Å². The van der Waals surface area contributed by atoms with E-state index in [1.807, 2.05) is 11.7 Å². The highest BCUT2D eigenvalue weighted by molar-refractivity contribution is 4.85. The van der Waals surface area contributed by atoms with Gasteiger partial charge in [0.2, 0.25) is 0 Å². The minimum Gasteiger partial charge on any atom is -0.314 e. The van der Waals surface area contributed by atoms with Crippen molar-refractivity contribution in [2.24, 2.45) is 13.0 Å². The van der Waals surface area contributed by atoms with E-state index in [0.717, 1.165) is 31.1 Å². The van der Waals surface area contributed by atoms with Crippen molar-refractivity contribution in [3.05, 3.63) is 12.2 Å². The summed E-state index contributed by atoms with van der Waals surface area (Å²) in [5.41, 5.74) is 0. The highest BCUT2D eigenvalue weighted by Crippen LogP contribution is 2.10. The van der Waals surface area contributed by atoms with Gasteiger partial charge in [0.05, 0.1) is 0 Å². The summed E-state index contributed by atoms with van der Waals surface area (Å²) >= 11 is 0. The number of rotatable bonds is 8. The first-order valence-electron chi connectivity index (χ1n) is 6.69. The van der Waals surface area contributed by atoms with Gasteiger partial charge in [-0.2, -0.15) is 5.10 Å². The van der Waals surface area contributed by atoms with E-state index in [2.05, 4.69) is 36.2 Å². The molecule has 1 heterocycles. The van der Waals surface area contributed by atoms with Gasteiger partial charge in [0.25, 0.3) is 0 Å². The molecule has 1 N–H and O–H groups in total. The lowest BCUT2D eigenvalue weighted by atomic mass is 9.99. The fraction of sp³-hybridized carbons (Fsp3) is 0.846. The van der Waals surface area contributed by atoms with E-state index in [0.29, 0.717) is 6.04 Å². The van der Waals surface area contributed by atoms with Crippen LogP contribution < -0.4 is 5.32 Å².